The molecule has 10 heteroatoms. The molecule has 0 amide bonds. The van der Waals surface area contributed by atoms with Crippen LogP contribution in [-0.2, 0) is 14.1 Å². The van der Waals surface area contributed by atoms with Gasteiger partial charge in [0.2, 0.25) is 5.75 Å². The van der Waals surface area contributed by atoms with E-state index in [1.165, 1.54) is 43.3 Å². The maximum Gasteiger partial charge on any atom is 0.513 e. The lowest BCUT2D eigenvalue weighted by Crippen LogP contribution is -2.36. The minimum Gasteiger partial charge on any atom is -0.462 e. The first kappa shape index (κ1) is 21.4. The van der Waals surface area contributed by atoms with Gasteiger partial charge in [-0.15, -0.1) is 0 Å². The summed E-state index contributed by atoms with van der Waals surface area (Å²) in [5, 5.41) is 13.7. The average molecular weight is 408 g/mol. The van der Waals surface area contributed by atoms with Crippen LogP contribution < -0.4 is 14.1 Å². The molecule has 0 radical (unpaired) electrons. The minimum absolute atomic E-state index is 0.196. The Morgan fingerprint density at radius 2 is 1.64 bits per heavy atom. The Bertz CT molecular complexity index is 873. The summed E-state index contributed by atoms with van der Waals surface area (Å²) >= 11 is 0. The quantitative estimate of drug-likeness (QED) is 0.285. The van der Waals surface area contributed by atoms with Crippen molar-refractivity contribution in [1.82, 2.24) is 5.09 Å². The van der Waals surface area contributed by atoms with Crippen molar-refractivity contribution in [2.45, 2.75) is 32.9 Å². The number of esters is 1. The van der Waals surface area contributed by atoms with E-state index in [0.29, 0.717) is 0 Å². The second-order valence-corrected chi connectivity index (χ2v) is 7.67. The van der Waals surface area contributed by atoms with E-state index in [1.54, 1.807) is 32.0 Å². The van der Waals surface area contributed by atoms with Crippen molar-refractivity contribution in [3.63, 3.8) is 0 Å². The average Bonchev–Trinajstić information content (AvgIpc) is 2.61. The monoisotopic (exact) mass is 408 g/mol. The van der Waals surface area contributed by atoms with Gasteiger partial charge in [0, 0.05) is 6.07 Å². The van der Waals surface area contributed by atoms with E-state index in [0.717, 1.165) is 0 Å². The van der Waals surface area contributed by atoms with E-state index >= 15 is 0 Å². The van der Waals surface area contributed by atoms with Gasteiger partial charge in [0.15, 0.2) is 0 Å². The molecule has 1 unspecified atom stereocenters. The third-order valence-electron chi connectivity index (χ3n) is 3.31. The molecule has 0 saturated heterocycles. The van der Waals surface area contributed by atoms with E-state index in [2.05, 4.69) is 5.09 Å². The summed E-state index contributed by atoms with van der Waals surface area (Å²) in [6, 6.07) is 12.5. The molecule has 0 spiro atoms. The highest BCUT2D eigenvalue weighted by atomic mass is 31.2. The van der Waals surface area contributed by atoms with Crippen molar-refractivity contribution in [2.24, 2.45) is 0 Å². The lowest BCUT2D eigenvalue weighted by molar-refractivity contribution is -0.385. The Morgan fingerprint density at radius 3 is 2.25 bits per heavy atom. The molecule has 2 aromatic rings. The third kappa shape index (κ3) is 6.07. The minimum atomic E-state index is -4.24. The number of nitrogens with zero attached hydrogens (tertiary/aromatic N) is 1. The molecule has 0 heterocycles. The van der Waals surface area contributed by atoms with Crippen LogP contribution in [0.1, 0.15) is 20.8 Å². The number of nitrogens with one attached hydrogen (secondary N) is 1. The van der Waals surface area contributed by atoms with Gasteiger partial charge in [-0.25, -0.2) is 4.57 Å². The van der Waals surface area contributed by atoms with Crippen molar-refractivity contribution in [3.05, 3.63) is 64.7 Å². The molecule has 150 valence electrons. The van der Waals surface area contributed by atoms with Crippen LogP contribution in [0.5, 0.6) is 11.5 Å². The van der Waals surface area contributed by atoms with Crippen LogP contribution in [0.15, 0.2) is 54.6 Å². The third-order valence-corrected chi connectivity index (χ3v) is 4.90. The molecule has 0 fully saturated rings. The molecule has 2 aromatic carbocycles. The Kier molecular flexibility index (Phi) is 7.14. The zero-order valence-corrected chi connectivity index (χ0v) is 16.5. The smallest absolute Gasteiger partial charge is 0.462 e. The zero-order chi connectivity index (χ0) is 20.7. The Morgan fingerprint density at radius 1 is 1.04 bits per heavy atom. The lowest BCUT2D eigenvalue weighted by atomic mass is 10.3. The summed E-state index contributed by atoms with van der Waals surface area (Å²) in [5.74, 6) is -0.733. The number of carbonyl (C=O) groups excluding carboxylic acids is 1. The van der Waals surface area contributed by atoms with Gasteiger partial charge in [0.05, 0.1) is 11.0 Å². The normalized spacial score (nSPS) is 14.0. The van der Waals surface area contributed by atoms with Crippen LogP contribution in [0.25, 0.3) is 0 Å². The fourth-order valence-corrected chi connectivity index (χ4v) is 3.67. The van der Waals surface area contributed by atoms with E-state index in [1.807, 2.05) is 0 Å². The molecule has 0 aliphatic carbocycles. The number of nitro benzene ring substituents is 1. The molecular weight excluding hydrogens is 387 g/mol. The number of rotatable bonds is 9. The number of ether oxygens (including phenoxy) is 1. The molecule has 2 rings (SSSR count). The first-order valence-electron chi connectivity index (χ1n) is 8.46. The van der Waals surface area contributed by atoms with Crippen LogP contribution in [0.3, 0.4) is 0 Å². The van der Waals surface area contributed by atoms with E-state index in [9.17, 15) is 19.5 Å². The number of benzene rings is 2. The van der Waals surface area contributed by atoms with Crippen molar-refractivity contribution in [1.29, 1.82) is 0 Å². The standard InChI is InChI=1S/C18H21N2O7P/c1-13(2)25-18(21)14(3)19-28(24,26-15-9-5-4-6-10-15)27-17-12-8-7-11-16(17)20(22)23/h4-14H,1-3H3,(H,19,24)/t14-,28?/m0/s1. The molecule has 0 aliphatic rings. The summed E-state index contributed by atoms with van der Waals surface area (Å²) in [6.45, 7) is 4.78. The number of hydrogen-bond acceptors (Lipinski definition) is 7. The zero-order valence-electron chi connectivity index (χ0n) is 15.6. The van der Waals surface area contributed by atoms with Gasteiger partial charge in [-0.2, -0.15) is 5.09 Å². The fraction of sp³-hybridized carbons (Fsp3) is 0.278. The van der Waals surface area contributed by atoms with Crippen molar-refractivity contribution >= 4 is 19.4 Å². The number of hydrogen-bond donors (Lipinski definition) is 1. The van der Waals surface area contributed by atoms with Gasteiger partial charge in [0.1, 0.15) is 11.8 Å². The van der Waals surface area contributed by atoms with Gasteiger partial charge in [-0.05, 0) is 39.0 Å². The van der Waals surface area contributed by atoms with Crippen LogP contribution in [-0.4, -0.2) is 23.0 Å². The highest BCUT2D eigenvalue weighted by Crippen LogP contribution is 2.47. The van der Waals surface area contributed by atoms with Crippen molar-refractivity contribution < 1.29 is 28.1 Å². The largest absolute Gasteiger partial charge is 0.513 e. The first-order valence-corrected chi connectivity index (χ1v) is 10.0. The van der Waals surface area contributed by atoms with Crippen LogP contribution in [0.4, 0.5) is 5.69 Å². The lowest BCUT2D eigenvalue weighted by Gasteiger charge is -2.23. The molecule has 9 nitrogen and oxygen atoms in total. The Labute approximate surface area is 162 Å². The Balaban J connectivity index is 2.32. The van der Waals surface area contributed by atoms with Gasteiger partial charge in [-0.3, -0.25) is 14.9 Å². The summed E-state index contributed by atoms with van der Waals surface area (Å²) in [7, 11) is -4.24. The van der Waals surface area contributed by atoms with E-state index in [4.69, 9.17) is 13.8 Å². The second kappa shape index (κ2) is 9.34. The molecule has 0 aromatic heterocycles. The number of nitro groups is 1. The molecule has 28 heavy (non-hydrogen) atoms. The highest BCUT2D eigenvalue weighted by Gasteiger charge is 2.35. The molecule has 1 N–H and O–H groups in total. The topological polar surface area (TPSA) is 117 Å². The van der Waals surface area contributed by atoms with E-state index < -0.39 is 30.4 Å². The van der Waals surface area contributed by atoms with Crippen LogP contribution in [0, 0.1) is 10.1 Å². The van der Waals surface area contributed by atoms with Crippen LogP contribution >= 0.6 is 7.75 Å². The van der Waals surface area contributed by atoms with Gasteiger partial charge in [-0.1, -0.05) is 30.3 Å². The summed E-state index contributed by atoms with van der Waals surface area (Å²) in [4.78, 5) is 22.6. The summed E-state index contributed by atoms with van der Waals surface area (Å²) < 4.78 is 29.3. The summed E-state index contributed by atoms with van der Waals surface area (Å²) in [5.41, 5.74) is -0.390. The fourth-order valence-electron chi connectivity index (χ4n) is 2.13. The molecule has 0 bridgehead atoms. The maximum absolute atomic E-state index is 13.3. The highest BCUT2D eigenvalue weighted by molar-refractivity contribution is 7.52. The number of carbonyl (C=O) groups is 1. The van der Waals surface area contributed by atoms with E-state index in [-0.39, 0.29) is 17.6 Å². The SMILES string of the molecule is CC(C)OC(=O)[C@H](C)NP(=O)(Oc1ccccc1)Oc1ccccc1[N+](=O)[O-]. The first-order chi connectivity index (χ1) is 13.2. The second-order valence-electron chi connectivity index (χ2n) is 6.05. The number of para-hydroxylation sites is 3. The van der Waals surface area contributed by atoms with Crippen molar-refractivity contribution in [3.8, 4) is 11.5 Å². The Hall–Kier alpha value is -2.90. The van der Waals surface area contributed by atoms with Gasteiger partial charge < -0.3 is 13.8 Å². The summed E-state index contributed by atoms with van der Waals surface area (Å²) in [6.07, 6.45) is -0.373. The van der Waals surface area contributed by atoms with Gasteiger partial charge in [0.25, 0.3) is 0 Å². The van der Waals surface area contributed by atoms with Crippen LogP contribution in [0.2, 0.25) is 0 Å². The molecule has 0 aliphatic heterocycles. The molecular formula is C18H21N2O7P. The molecule has 0 saturated carbocycles. The van der Waals surface area contributed by atoms with Gasteiger partial charge >= 0.3 is 19.4 Å². The van der Waals surface area contributed by atoms with Crippen molar-refractivity contribution in [2.75, 3.05) is 0 Å². The molecule has 2 atom stereocenters. The maximum atomic E-state index is 13.3. The predicted octanol–water partition coefficient (Wildman–Crippen LogP) is 4.09. The predicted molar refractivity (Wildman–Crippen MR) is 102 cm³/mol.